The normalized spacial score (nSPS) is 10.3. The summed E-state index contributed by atoms with van der Waals surface area (Å²) in [6.07, 6.45) is 0.226. The van der Waals surface area contributed by atoms with Crippen molar-refractivity contribution in [3.8, 4) is 0 Å². The lowest BCUT2D eigenvalue weighted by Crippen LogP contribution is -2.16. The Morgan fingerprint density at radius 1 is 1.50 bits per heavy atom. The van der Waals surface area contributed by atoms with E-state index >= 15 is 0 Å². The van der Waals surface area contributed by atoms with E-state index in [0.29, 0.717) is 4.88 Å². The lowest BCUT2D eigenvalue weighted by atomic mass is 10.1. The number of hydrogen-bond acceptors (Lipinski definition) is 3. The van der Waals surface area contributed by atoms with E-state index in [1.165, 1.54) is 25.2 Å². The molecule has 0 aromatic carbocycles. The summed E-state index contributed by atoms with van der Waals surface area (Å²) in [7, 11) is 0. The van der Waals surface area contributed by atoms with E-state index in [4.69, 9.17) is 4.74 Å². The summed E-state index contributed by atoms with van der Waals surface area (Å²) in [6, 6.07) is 3.47. The predicted molar refractivity (Wildman–Crippen MR) is 65.8 cm³/mol. The summed E-state index contributed by atoms with van der Waals surface area (Å²) in [5.74, 6) is -0.371. The third-order valence-corrected chi connectivity index (χ3v) is 2.50. The van der Waals surface area contributed by atoms with Crippen molar-refractivity contribution in [2.75, 3.05) is 6.61 Å². The Bertz CT molecular complexity index is 288. The number of hydrogen-bond donors (Lipinski definition) is 0. The van der Waals surface area contributed by atoms with Gasteiger partial charge in [0.15, 0.2) is 0 Å². The standard InChI is InChI=1S/C10H13FO2S.C2H6/c1-10(2,11)5-6-13-9(12)8-4-3-7-14-8;1-2/h3-4,7H,5-6H2,1-2H3;1-2H3. The van der Waals surface area contributed by atoms with Gasteiger partial charge in [-0.1, -0.05) is 19.9 Å². The van der Waals surface area contributed by atoms with E-state index in [0.717, 1.165) is 0 Å². The van der Waals surface area contributed by atoms with Gasteiger partial charge in [0.25, 0.3) is 0 Å². The van der Waals surface area contributed by atoms with Gasteiger partial charge in [0.05, 0.1) is 6.61 Å². The molecule has 4 heteroatoms. The second-order valence-electron chi connectivity index (χ2n) is 3.58. The van der Waals surface area contributed by atoms with Crippen LogP contribution in [0.3, 0.4) is 0 Å². The Morgan fingerprint density at radius 2 is 2.12 bits per heavy atom. The lowest BCUT2D eigenvalue weighted by Gasteiger charge is -2.13. The highest BCUT2D eigenvalue weighted by Gasteiger charge is 2.16. The first-order chi connectivity index (χ1) is 7.49. The van der Waals surface area contributed by atoms with Crippen molar-refractivity contribution in [2.24, 2.45) is 0 Å². The molecule has 1 aromatic heterocycles. The molecular formula is C12H19FO2S. The Balaban J connectivity index is 0.00000106. The molecule has 0 aliphatic rings. The largest absolute Gasteiger partial charge is 0.461 e. The summed E-state index contributed by atoms with van der Waals surface area (Å²) >= 11 is 1.32. The van der Waals surface area contributed by atoms with Gasteiger partial charge in [-0.3, -0.25) is 0 Å². The molecule has 2 nitrogen and oxygen atoms in total. The molecule has 1 rings (SSSR count). The molecule has 16 heavy (non-hydrogen) atoms. The van der Waals surface area contributed by atoms with Gasteiger partial charge in [-0.25, -0.2) is 9.18 Å². The Kier molecular flexibility index (Phi) is 6.97. The van der Waals surface area contributed by atoms with Crippen molar-refractivity contribution in [1.82, 2.24) is 0 Å². The summed E-state index contributed by atoms with van der Waals surface area (Å²) < 4.78 is 17.9. The van der Waals surface area contributed by atoms with Crippen LogP contribution in [0.4, 0.5) is 4.39 Å². The van der Waals surface area contributed by atoms with Gasteiger partial charge in [-0.15, -0.1) is 11.3 Å². The molecule has 0 atom stereocenters. The zero-order valence-corrected chi connectivity index (χ0v) is 11.1. The molecule has 0 N–H and O–H groups in total. The minimum Gasteiger partial charge on any atom is -0.461 e. The Labute approximate surface area is 100 Å². The molecule has 0 radical (unpaired) electrons. The van der Waals surface area contributed by atoms with Crippen molar-refractivity contribution in [1.29, 1.82) is 0 Å². The molecule has 1 heterocycles. The van der Waals surface area contributed by atoms with Crippen LogP contribution in [0.2, 0.25) is 0 Å². The first-order valence-electron chi connectivity index (χ1n) is 5.38. The molecule has 0 fully saturated rings. The van der Waals surface area contributed by atoms with Crippen LogP contribution in [0.25, 0.3) is 0 Å². The molecular weight excluding hydrogens is 227 g/mol. The Hall–Kier alpha value is -0.900. The van der Waals surface area contributed by atoms with Crippen LogP contribution in [0, 0.1) is 0 Å². The number of rotatable bonds is 4. The van der Waals surface area contributed by atoms with Gasteiger partial charge in [0.2, 0.25) is 0 Å². The summed E-state index contributed by atoms with van der Waals surface area (Å²) in [4.78, 5) is 11.8. The number of carbonyl (C=O) groups excluding carboxylic acids is 1. The van der Waals surface area contributed by atoms with Crippen molar-refractivity contribution < 1.29 is 13.9 Å². The second kappa shape index (κ2) is 7.39. The van der Waals surface area contributed by atoms with Gasteiger partial charge in [-0.2, -0.15) is 0 Å². The molecule has 0 saturated carbocycles. The van der Waals surface area contributed by atoms with Crippen molar-refractivity contribution >= 4 is 17.3 Å². The van der Waals surface area contributed by atoms with Gasteiger partial charge in [0, 0.05) is 6.42 Å². The lowest BCUT2D eigenvalue weighted by molar-refractivity contribution is 0.0438. The molecule has 0 spiro atoms. The molecule has 0 aliphatic heterocycles. The fourth-order valence-corrected chi connectivity index (χ4v) is 1.47. The average Bonchev–Trinajstić information content (AvgIpc) is 2.71. The van der Waals surface area contributed by atoms with Crippen molar-refractivity contribution in [3.05, 3.63) is 22.4 Å². The topological polar surface area (TPSA) is 26.3 Å². The fraction of sp³-hybridized carbons (Fsp3) is 0.583. The fourth-order valence-electron chi connectivity index (χ4n) is 0.852. The monoisotopic (exact) mass is 246 g/mol. The van der Waals surface area contributed by atoms with Crippen molar-refractivity contribution in [3.63, 3.8) is 0 Å². The van der Waals surface area contributed by atoms with Crippen LogP contribution >= 0.6 is 11.3 Å². The smallest absolute Gasteiger partial charge is 0.348 e. The van der Waals surface area contributed by atoms with E-state index in [9.17, 15) is 9.18 Å². The number of carbonyl (C=O) groups is 1. The third kappa shape index (κ3) is 6.56. The van der Waals surface area contributed by atoms with Crippen LogP contribution in [0.15, 0.2) is 17.5 Å². The summed E-state index contributed by atoms with van der Waals surface area (Å²) in [5.41, 5.74) is -1.28. The molecule has 0 bridgehead atoms. The van der Waals surface area contributed by atoms with E-state index in [2.05, 4.69) is 0 Å². The number of ether oxygens (including phenoxy) is 1. The highest BCUT2D eigenvalue weighted by molar-refractivity contribution is 7.11. The molecule has 92 valence electrons. The van der Waals surface area contributed by atoms with Gasteiger partial charge in [0.1, 0.15) is 10.5 Å². The second-order valence-corrected chi connectivity index (χ2v) is 4.53. The molecule has 1 aromatic rings. The number of alkyl halides is 1. The van der Waals surface area contributed by atoms with E-state index in [1.807, 2.05) is 13.8 Å². The maximum absolute atomic E-state index is 13.0. The highest BCUT2D eigenvalue weighted by Crippen LogP contribution is 2.15. The summed E-state index contributed by atoms with van der Waals surface area (Å²) in [6.45, 7) is 7.05. The van der Waals surface area contributed by atoms with Crippen LogP contribution < -0.4 is 0 Å². The van der Waals surface area contributed by atoms with Crippen LogP contribution in [0.5, 0.6) is 0 Å². The molecule has 0 unspecified atom stereocenters. The quantitative estimate of drug-likeness (QED) is 0.749. The maximum Gasteiger partial charge on any atom is 0.348 e. The predicted octanol–water partition coefficient (Wildman–Crippen LogP) is 4.07. The van der Waals surface area contributed by atoms with Gasteiger partial charge < -0.3 is 4.74 Å². The zero-order valence-electron chi connectivity index (χ0n) is 10.2. The van der Waals surface area contributed by atoms with E-state index in [1.54, 1.807) is 17.5 Å². The molecule has 0 saturated heterocycles. The van der Waals surface area contributed by atoms with Crippen LogP contribution in [-0.4, -0.2) is 18.2 Å². The maximum atomic E-state index is 13.0. The highest BCUT2D eigenvalue weighted by atomic mass is 32.1. The first kappa shape index (κ1) is 15.1. The summed E-state index contributed by atoms with van der Waals surface area (Å²) in [5, 5.41) is 1.80. The minimum atomic E-state index is -1.28. The average molecular weight is 246 g/mol. The van der Waals surface area contributed by atoms with E-state index in [-0.39, 0.29) is 19.0 Å². The molecule has 0 aliphatic carbocycles. The van der Waals surface area contributed by atoms with Gasteiger partial charge >= 0.3 is 5.97 Å². The SMILES string of the molecule is CC.CC(C)(F)CCOC(=O)c1cccs1. The first-order valence-corrected chi connectivity index (χ1v) is 6.26. The van der Waals surface area contributed by atoms with Crippen molar-refractivity contribution in [2.45, 2.75) is 39.8 Å². The zero-order chi connectivity index (χ0) is 12.6. The van der Waals surface area contributed by atoms with E-state index < -0.39 is 5.67 Å². The molecule has 0 amide bonds. The third-order valence-electron chi connectivity index (χ3n) is 1.65. The minimum absolute atomic E-state index is 0.125. The number of thiophene rings is 1. The van der Waals surface area contributed by atoms with Crippen LogP contribution in [-0.2, 0) is 4.74 Å². The van der Waals surface area contributed by atoms with Gasteiger partial charge in [-0.05, 0) is 25.3 Å². The Morgan fingerprint density at radius 3 is 2.56 bits per heavy atom. The van der Waals surface area contributed by atoms with Crippen LogP contribution in [0.1, 0.15) is 43.8 Å². The number of halogens is 1. The number of esters is 1.